The molecule has 0 saturated heterocycles. The number of nitrogens with zero attached hydrogens (tertiary/aromatic N) is 4. The third-order valence-corrected chi connectivity index (χ3v) is 28.2. The van der Waals surface area contributed by atoms with Crippen LogP contribution in [0.3, 0.4) is 0 Å². The van der Waals surface area contributed by atoms with Gasteiger partial charge in [-0.05, 0) is 333 Å². The zero-order valence-corrected chi connectivity index (χ0v) is 82.4. The monoisotopic (exact) mass is 1940 g/mol. The molecule has 24 aromatic rings. The lowest BCUT2D eigenvalue weighted by Gasteiger charge is -2.30. The van der Waals surface area contributed by atoms with Gasteiger partial charge in [-0.3, -0.25) is 0 Å². The van der Waals surface area contributed by atoms with E-state index in [9.17, 15) is 8.78 Å². The van der Waals surface area contributed by atoms with Crippen LogP contribution in [0.25, 0.3) is 154 Å². The summed E-state index contributed by atoms with van der Waals surface area (Å²) in [6.45, 7) is 16.5. The van der Waals surface area contributed by atoms with Crippen LogP contribution in [0.4, 0.5) is 103 Å². The first-order valence-corrected chi connectivity index (χ1v) is 49.4. The van der Waals surface area contributed by atoms with Gasteiger partial charge < -0.3 is 19.6 Å². The van der Waals surface area contributed by atoms with E-state index in [1.165, 1.54) is 48.5 Å². The van der Waals surface area contributed by atoms with Crippen molar-refractivity contribution in [2.75, 3.05) is 19.6 Å². The molecule has 0 radical (unpaired) electrons. The van der Waals surface area contributed by atoms with Gasteiger partial charge in [0.05, 0.1) is 45.5 Å². The molecule has 24 aromatic carbocycles. The van der Waals surface area contributed by atoms with Crippen molar-refractivity contribution in [1.82, 2.24) is 0 Å². The van der Waals surface area contributed by atoms with Gasteiger partial charge in [0.15, 0.2) is 0 Å². The smallest absolute Gasteiger partial charge is 0.150 e. The molecular formula is C136H96F8N4. The number of rotatable bonds is 20. The summed E-state index contributed by atoms with van der Waals surface area (Å²) in [6, 6.07) is 139. The van der Waals surface area contributed by atoms with Crippen molar-refractivity contribution in [1.29, 1.82) is 0 Å². The minimum Gasteiger partial charge on any atom is -0.310 e. The van der Waals surface area contributed by atoms with Crippen LogP contribution in [0, 0.1) is 102 Å². The van der Waals surface area contributed by atoms with Crippen LogP contribution in [0.1, 0.15) is 44.5 Å². The van der Waals surface area contributed by atoms with Crippen molar-refractivity contribution in [3.05, 3.63) is 528 Å². The third kappa shape index (κ3) is 18.3. The fourth-order valence-electron chi connectivity index (χ4n) is 21.5. The predicted molar refractivity (Wildman–Crippen MR) is 600 cm³/mol. The van der Waals surface area contributed by atoms with Gasteiger partial charge in [-0.2, -0.15) is 0 Å². The highest BCUT2D eigenvalue weighted by Gasteiger charge is 2.31. The van der Waals surface area contributed by atoms with E-state index in [1.54, 1.807) is 0 Å². The van der Waals surface area contributed by atoms with Crippen molar-refractivity contribution in [2.24, 2.45) is 0 Å². The summed E-state index contributed by atoms with van der Waals surface area (Å²) in [5.74, 6) is -5.60. The minimum absolute atomic E-state index is 0.176. The van der Waals surface area contributed by atoms with Crippen LogP contribution in [0.2, 0.25) is 0 Å². The number of hydrogen-bond donors (Lipinski definition) is 0. The Kier molecular flexibility index (Phi) is 24.4. The Hall–Kier alpha value is -18.0. The quantitative estimate of drug-likeness (QED) is 0.0557. The lowest BCUT2D eigenvalue weighted by Crippen LogP contribution is -2.14. The van der Waals surface area contributed by atoms with Crippen LogP contribution in [-0.4, -0.2) is 0 Å². The summed E-state index contributed by atoms with van der Waals surface area (Å²) < 4.78 is 126. The van der Waals surface area contributed by atoms with Crippen molar-refractivity contribution < 1.29 is 35.1 Å². The Morgan fingerprint density at radius 1 is 0.135 bits per heavy atom. The molecule has 0 aliphatic carbocycles. The van der Waals surface area contributed by atoms with E-state index in [-0.39, 0.29) is 11.4 Å². The maximum absolute atomic E-state index is 16.7. The maximum Gasteiger partial charge on any atom is 0.150 e. The molecular weight excluding hydrogens is 1840 g/mol. The summed E-state index contributed by atoms with van der Waals surface area (Å²) in [6.07, 6.45) is 0. The molecule has 148 heavy (non-hydrogen) atoms. The van der Waals surface area contributed by atoms with Gasteiger partial charge in [0.2, 0.25) is 0 Å². The topological polar surface area (TPSA) is 13.0 Å². The summed E-state index contributed by atoms with van der Waals surface area (Å²) in [7, 11) is 0. The lowest BCUT2D eigenvalue weighted by atomic mass is 9.91. The van der Waals surface area contributed by atoms with Gasteiger partial charge >= 0.3 is 0 Å². The Balaban J connectivity index is 0.000000163. The van der Waals surface area contributed by atoms with Crippen LogP contribution >= 0.6 is 0 Å². The Labute approximate surface area is 854 Å². The normalized spacial score (nSPS) is 11.5. The number of halogens is 8. The first-order chi connectivity index (χ1) is 71.8. The largest absolute Gasteiger partial charge is 0.310 e. The summed E-state index contributed by atoms with van der Waals surface area (Å²) >= 11 is 0. The second-order valence-electron chi connectivity index (χ2n) is 39.0. The second kappa shape index (κ2) is 38.6. The number of anilines is 12. The van der Waals surface area contributed by atoms with Crippen molar-refractivity contribution >= 4 is 133 Å². The SMILES string of the molecule is Cc1cccc(-c2cc(-c3cccc(C)c3)cc(N(c3cc(F)cc(F)c3)c3ccc4ccc5c(N(c6cc(F)cc(F)c6)c6cc(-c7cccc(C)c7)cc(-c7cccc(C)c7)c6)ccc6ccc3c4c65)c2)c1.Cc1cccc(-c2cc(-c3cccc(C)c3)cc(N(c3ccc(F)cc3F)c3ccc4ccc5c(N(c6cc(-c7cccc(C)c7)cc(-c7cccc(C)c7)c6)c6ccc(F)cc6F)ccc6ccc3c4c65)c2)c1. The molecule has 0 fully saturated rings. The third-order valence-electron chi connectivity index (χ3n) is 28.2. The zero-order chi connectivity index (χ0) is 102. The highest BCUT2D eigenvalue weighted by molar-refractivity contribution is 6.30. The van der Waals surface area contributed by atoms with Crippen LogP contribution in [0.15, 0.2) is 437 Å². The zero-order valence-electron chi connectivity index (χ0n) is 82.4. The minimum atomic E-state index is -0.717. The van der Waals surface area contributed by atoms with Gasteiger partial charge in [0, 0.05) is 68.6 Å². The molecule has 0 saturated carbocycles. The number of benzene rings is 24. The van der Waals surface area contributed by atoms with Crippen LogP contribution in [0.5, 0.6) is 0 Å². The van der Waals surface area contributed by atoms with Gasteiger partial charge in [0.25, 0.3) is 0 Å². The molecule has 0 amide bonds. The van der Waals surface area contributed by atoms with E-state index in [2.05, 4.69) is 334 Å². The van der Waals surface area contributed by atoms with E-state index in [1.807, 2.05) is 105 Å². The molecule has 4 nitrogen and oxygen atoms in total. The molecule has 0 unspecified atom stereocenters. The summed E-state index contributed by atoms with van der Waals surface area (Å²) in [5.41, 5.74) is 30.9. The molecule has 12 heteroatoms. The molecule has 0 N–H and O–H groups in total. The van der Waals surface area contributed by atoms with E-state index < -0.39 is 46.5 Å². The fourth-order valence-corrected chi connectivity index (χ4v) is 21.5. The van der Waals surface area contributed by atoms with Gasteiger partial charge in [0.1, 0.15) is 46.5 Å². The highest BCUT2D eigenvalue weighted by atomic mass is 19.2. The van der Waals surface area contributed by atoms with Gasteiger partial charge in [-0.15, -0.1) is 0 Å². The fraction of sp³-hybridized carbons (Fsp3) is 0.0588. The Bertz CT molecular complexity index is 8560. The Morgan fingerprint density at radius 2 is 0.318 bits per heavy atom. The lowest BCUT2D eigenvalue weighted by molar-refractivity contribution is 0.583. The summed E-state index contributed by atoms with van der Waals surface area (Å²) in [4.78, 5) is 7.68. The molecule has 0 atom stereocenters. The first kappa shape index (κ1) is 93.6. The van der Waals surface area contributed by atoms with Crippen molar-refractivity contribution in [3.63, 3.8) is 0 Å². The van der Waals surface area contributed by atoms with E-state index in [0.717, 1.165) is 222 Å². The van der Waals surface area contributed by atoms with E-state index in [0.29, 0.717) is 56.9 Å². The number of aryl methyl sites for hydroxylation is 8. The molecule has 0 spiro atoms. The maximum atomic E-state index is 16.7. The van der Waals surface area contributed by atoms with Gasteiger partial charge in [-0.25, -0.2) is 35.1 Å². The highest BCUT2D eigenvalue weighted by Crippen LogP contribution is 2.55. The van der Waals surface area contributed by atoms with Crippen molar-refractivity contribution in [3.8, 4) is 89.0 Å². The second-order valence-corrected chi connectivity index (χ2v) is 39.0. The molecule has 24 rings (SSSR count). The molecule has 716 valence electrons. The predicted octanol–water partition coefficient (Wildman–Crippen LogP) is 40.0. The first-order valence-electron chi connectivity index (χ1n) is 49.4. The standard InChI is InChI=1S/2C68H48F4N2/c1-41-9-5-13-47(29-41)51-33-52(48-14-6-10-42(2)30-48)36-57(35-51)73(65-27-21-55(69)39-61(65)71)63-25-19-45-18-24-60-64(26-20-46-17-23-59(63)67(45)68(46)60)74(66-28-22-56(70)40-62(66)72)58-37-53(49-15-7-11-43(3)31-49)34-54(38-58)50-16-8-12-44(4)32-50;1-41-9-5-13-47(25-41)51-29-52(48-14-6-10-42(2)26-48)32-59(31-51)73(61-37-55(69)35-56(70)38-61)65-23-19-45-18-22-64-66(24-20-46-17-21-63(65)67(45)68(46)64)74(62-39-57(71)36-58(72)40-62)60-33-53(49-15-7-11-43(3)27-49)30-54(34-60)50-16-8-12-44(4)28-50/h2*5-40H,1-4H3. The van der Waals surface area contributed by atoms with E-state index >= 15 is 26.3 Å². The Morgan fingerprint density at radius 3 is 0.520 bits per heavy atom. The molecule has 0 aromatic heterocycles. The average Bonchev–Trinajstić information content (AvgIpc) is 0.717. The molecule has 0 bridgehead atoms. The average molecular weight is 1940 g/mol. The summed E-state index contributed by atoms with van der Waals surface area (Å²) in [5, 5.41) is 10.8. The van der Waals surface area contributed by atoms with Crippen LogP contribution in [-0.2, 0) is 0 Å². The molecule has 0 heterocycles. The molecule has 0 aliphatic heterocycles. The molecule has 0 aliphatic rings. The number of hydrogen-bond acceptors (Lipinski definition) is 4. The van der Waals surface area contributed by atoms with Crippen LogP contribution < -0.4 is 19.6 Å². The van der Waals surface area contributed by atoms with Gasteiger partial charge in [-0.1, -0.05) is 311 Å². The van der Waals surface area contributed by atoms with E-state index in [4.69, 9.17) is 0 Å². The van der Waals surface area contributed by atoms with Crippen molar-refractivity contribution in [2.45, 2.75) is 55.4 Å².